The van der Waals surface area contributed by atoms with Crippen LogP contribution in [-0.2, 0) is 0 Å². The normalized spacial score (nSPS) is 21.0. The Bertz CT molecular complexity index is 512. The van der Waals surface area contributed by atoms with Crippen molar-refractivity contribution >= 4 is 41.0 Å². The summed E-state index contributed by atoms with van der Waals surface area (Å²) in [7, 11) is 2.10. The number of hydrogen-bond donors (Lipinski definition) is 0. The Morgan fingerprint density at radius 1 is 1.10 bits per heavy atom. The molecule has 0 unspecified atom stereocenters. The number of halogens is 1. The van der Waals surface area contributed by atoms with Crippen LogP contribution in [0.1, 0.15) is 12.8 Å². The molecule has 0 aromatic heterocycles. The average Bonchev–Trinajstić information content (AvgIpc) is 3.12. The fraction of sp³-hybridized carbons (Fsp3) is 0.467. The van der Waals surface area contributed by atoms with Gasteiger partial charge in [-0.15, -0.1) is 12.4 Å². The lowest BCUT2D eigenvalue weighted by Crippen LogP contribution is -2.29. The summed E-state index contributed by atoms with van der Waals surface area (Å²) in [4.78, 5) is 14.1. The average molecular weight is 325 g/mol. The van der Waals surface area contributed by atoms with Gasteiger partial charge in [0.05, 0.1) is 5.69 Å². The van der Waals surface area contributed by atoms with Gasteiger partial charge in [-0.1, -0.05) is 30.0 Å². The first kappa shape index (κ1) is 16.2. The first-order valence-electron chi connectivity index (χ1n) is 7.14. The smallest absolute Gasteiger partial charge is 0.228 e. The molecule has 6 heteroatoms. The highest BCUT2D eigenvalue weighted by Gasteiger charge is 2.20. The van der Waals surface area contributed by atoms with Gasteiger partial charge in [0.15, 0.2) is 5.17 Å². The largest absolute Gasteiger partial charge is 0.353 e. The van der Waals surface area contributed by atoms with Gasteiger partial charge in [-0.05, 0) is 25.0 Å². The minimum absolute atomic E-state index is 0. The topological polar surface area (TPSA) is 31.2 Å². The third kappa shape index (κ3) is 4.14. The van der Waals surface area contributed by atoms with Gasteiger partial charge in [0.1, 0.15) is 0 Å². The maximum atomic E-state index is 4.82. The van der Waals surface area contributed by atoms with E-state index in [1.165, 1.54) is 12.8 Å². The fourth-order valence-electron chi connectivity index (χ4n) is 2.38. The summed E-state index contributed by atoms with van der Waals surface area (Å²) in [6.07, 6.45) is 2.48. The number of aliphatic imine (C=N–C) groups is 2. The molecule has 3 rings (SSSR count). The predicted molar refractivity (Wildman–Crippen MR) is 94.1 cm³/mol. The van der Waals surface area contributed by atoms with Crippen LogP contribution in [-0.4, -0.2) is 53.4 Å². The molecule has 2 fully saturated rings. The molecule has 0 bridgehead atoms. The lowest BCUT2D eigenvalue weighted by atomic mass is 10.3. The Morgan fingerprint density at radius 3 is 2.43 bits per heavy atom. The molecule has 0 atom stereocenters. The van der Waals surface area contributed by atoms with Gasteiger partial charge in [-0.3, -0.25) is 0 Å². The molecule has 2 aliphatic heterocycles. The molecule has 114 valence electrons. The van der Waals surface area contributed by atoms with E-state index in [0.717, 1.165) is 42.2 Å². The van der Waals surface area contributed by atoms with E-state index >= 15 is 0 Å². The van der Waals surface area contributed by atoms with Crippen LogP contribution in [0.25, 0.3) is 0 Å². The highest BCUT2D eigenvalue weighted by Crippen LogP contribution is 2.20. The molecule has 2 aliphatic rings. The van der Waals surface area contributed by atoms with Crippen molar-refractivity contribution in [2.75, 3.05) is 32.4 Å². The summed E-state index contributed by atoms with van der Waals surface area (Å²) >= 11 is 1.82. The van der Waals surface area contributed by atoms with Crippen molar-refractivity contribution < 1.29 is 0 Å². The minimum Gasteiger partial charge on any atom is -0.353 e. The molecular formula is C15H21ClN4S. The van der Waals surface area contributed by atoms with E-state index in [-0.39, 0.29) is 12.4 Å². The summed E-state index contributed by atoms with van der Waals surface area (Å²) in [5, 5.41) is 1.09. The van der Waals surface area contributed by atoms with Crippen LogP contribution in [0, 0.1) is 0 Å². The van der Waals surface area contributed by atoms with Crippen molar-refractivity contribution in [2.24, 2.45) is 9.98 Å². The number of guanidine groups is 1. The van der Waals surface area contributed by atoms with Crippen LogP contribution in [0.3, 0.4) is 0 Å². The number of rotatable bonds is 1. The third-order valence-electron chi connectivity index (χ3n) is 3.55. The summed E-state index contributed by atoms with van der Waals surface area (Å²) in [6, 6.07) is 10.1. The maximum Gasteiger partial charge on any atom is 0.228 e. The van der Waals surface area contributed by atoms with E-state index in [0.29, 0.717) is 0 Å². The monoisotopic (exact) mass is 324 g/mol. The van der Waals surface area contributed by atoms with Crippen molar-refractivity contribution in [3.8, 4) is 0 Å². The Kier molecular flexibility index (Phi) is 5.94. The number of hydrogen-bond acceptors (Lipinski definition) is 2. The number of thioether (sulfide) groups is 1. The van der Waals surface area contributed by atoms with Crippen molar-refractivity contribution in [2.45, 2.75) is 12.8 Å². The quantitative estimate of drug-likeness (QED) is 0.587. The van der Waals surface area contributed by atoms with Gasteiger partial charge in [-0.2, -0.15) is 4.99 Å². The lowest BCUT2D eigenvalue weighted by molar-refractivity contribution is 0.510. The highest BCUT2D eigenvalue weighted by atomic mass is 35.5. The summed E-state index contributed by atoms with van der Waals surface area (Å²) in [5.41, 5.74) is 0.976. The molecule has 2 heterocycles. The van der Waals surface area contributed by atoms with Gasteiger partial charge >= 0.3 is 0 Å². The van der Waals surface area contributed by atoms with Crippen LogP contribution < -0.4 is 0 Å². The van der Waals surface area contributed by atoms with Crippen LogP contribution in [0.4, 0.5) is 5.69 Å². The van der Waals surface area contributed by atoms with Crippen LogP contribution in [0.2, 0.25) is 0 Å². The molecular weight excluding hydrogens is 304 g/mol. The Hall–Kier alpha value is -1.20. The van der Waals surface area contributed by atoms with Gasteiger partial charge in [-0.25, -0.2) is 4.99 Å². The molecule has 1 aromatic carbocycles. The van der Waals surface area contributed by atoms with E-state index in [1.54, 1.807) is 0 Å². The van der Waals surface area contributed by atoms with Crippen molar-refractivity contribution in [1.29, 1.82) is 0 Å². The summed E-state index contributed by atoms with van der Waals surface area (Å²) in [5.74, 6) is 1.98. The van der Waals surface area contributed by atoms with Crippen LogP contribution in [0.5, 0.6) is 0 Å². The molecule has 4 nitrogen and oxygen atoms in total. The van der Waals surface area contributed by atoms with Crippen molar-refractivity contribution in [3.63, 3.8) is 0 Å². The molecule has 0 radical (unpaired) electrons. The summed E-state index contributed by atoms with van der Waals surface area (Å²) < 4.78 is 0. The second-order valence-electron chi connectivity index (χ2n) is 5.11. The molecule has 1 aromatic rings. The molecule has 2 saturated heterocycles. The van der Waals surface area contributed by atoms with E-state index < -0.39 is 0 Å². The lowest BCUT2D eigenvalue weighted by Gasteiger charge is -2.18. The maximum absolute atomic E-state index is 4.82. The zero-order valence-electron chi connectivity index (χ0n) is 12.2. The SMILES string of the molecule is CN1CCSC1=NC(=Nc1ccccc1)N1CCCC1.Cl. The fourth-order valence-corrected chi connectivity index (χ4v) is 3.39. The molecule has 21 heavy (non-hydrogen) atoms. The molecule has 0 aliphatic carbocycles. The Labute approximate surface area is 136 Å². The van der Waals surface area contributed by atoms with Gasteiger partial charge in [0.25, 0.3) is 0 Å². The summed E-state index contributed by atoms with van der Waals surface area (Å²) in [6.45, 7) is 3.20. The van der Waals surface area contributed by atoms with Crippen molar-refractivity contribution in [3.05, 3.63) is 30.3 Å². The Balaban J connectivity index is 0.00000161. The van der Waals surface area contributed by atoms with E-state index in [4.69, 9.17) is 9.98 Å². The van der Waals surface area contributed by atoms with Crippen LogP contribution in [0.15, 0.2) is 40.3 Å². The number of para-hydroxylation sites is 1. The van der Waals surface area contributed by atoms with Gasteiger partial charge in [0.2, 0.25) is 5.96 Å². The first-order chi connectivity index (χ1) is 9.83. The molecule has 0 saturated carbocycles. The first-order valence-corrected chi connectivity index (χ1v) is 8.13. The number of amidine groups is 1. The minimum atomic E-state index is 0. The van der Waals surface area contributed by atoms with Crippen molar-refractivity contribution in [1.82, 2.24) is 9.80 Å². The van der Waals surface area contributed by atoms with E-state index in [1.807, 2.05) is 42.1 Å². The van der Waals surface area contributed by atoms with E-state index in [2.05, 4.69) is 16.8 Å². The standard InChI is InChI=1S/C15H20N4S.ClH/c1-18-11-12-20-15(18)17-14(19-9-5-6-10-19)16-13-7-3-2-4-8-13;/h2-4,7-8H,5-6,9-12H2,1H3;1H. The number of likely N-dealkylation sites (tertiary alicyclic amines) is 1. The second-order valence-corrected chi connectivity index (χ2v) is 6.17. The Morgan fingerprint density at radius 2 is 1.81 bits per heavy atom. The van der Waals surface area contributed by atoms with Gasteiger partial charge < -0.3 is 9.80 Å². The number of benzene rings is 1. The predicted octanol–water partition coefficient (Wildman–Crippen LogP) is 3.23. The zero-order valence-corrected chi connectivity index (χ0v) is 13.9. The van der Waals surface area contributed by atoms with Gasteiger partial charge in [0, 0.05) is 32.4 Å². The van der Waals surface area contributed by atoms with E-state index in [9.17, 15) is 0 Å². The zero-order chi connectivity index (χ0) is 13.8. The molecule has 0 N–H and O–H groups in total. The molecule has 0 amide bonds. The molecule has 0 spiro atoms. The second kappa shape index (κ2) is 7.71. The number of nitrogens with zero attached hydrogens (tertiary/aromatic N) is 4. The van der Waals surface area contributed by atoms with Crippen LogP contribution >= 0.6 is 24.2 Å². The highest BCUT2D eigenvalue weighted by molar-refractivity contribution is 8.14. The third-order valence-corrected chi connectivity index (χ3v) is 4.60.